The Morgan fingerprint density at radius 3 is 2.30 bits per heavy atom. The molecule has 0 amide bonds. The van der Waals surface area contributed by atoms with Crippen molar-refractivity contribution in [2.45, 2.75) is 90.2 Å². The van der Waals surface area contributed by atoms with Gasteiger partial charge in [0.2, 0.25) is 0 Å². The van der Waals surface area contributed by atoms with Crippen LogP contribution in [0, 0.1) is 0 Å². The summed E-state index contributed by atoms with van der Waals surface area (Å²) in [5.74, 6) is -2.79. The zero-order chi connectivity index (χ0) is 24.4. The molecule has 0 aromatic rings. The van der Waals surface area contributed by atoms with Crippen LogP contribution >= 0.6 is 7.60 Å². The first-order chi connectivity index (χ1) is 15.5. The minimum atomic E-state index is -3.57. The normalized spacial score (nSPS) is 32.5. The zero-order valence-corrected chi connectivity index (χ0v) is 20.8. The first-order valence-corrected chi connectivity index (χ1v) is 12.7. The van der Waals surface area contributed by atoms with Gasteiger partial charge in [0.1, 0.15) is 30.7 Å². The van der Waals surface area contributed by atoms with Crippen LogP contribution in [0.5, 0.6) is 0 Å². The average Bonchev–Trinajstić information content (AvgIpc) is 3.38. The molecule has 0 spiro atoms. The molecule has 0 aliphatic carbocycles. The second-order valence-corrected chi connectivity index (χ2v) is 10.5. The Morgan fingerprint density at radius 2 is 1.73 bits per heavy atom. The Kier molecular flexibility index (Phi) is 8.56. The van der Waals surface area contributed by atoms with Crippen LogP contribution in [0.2, 0.25) is 0 Å². The molecule has 0 aromatic carbocycles. The van der Waals surface area contributed by atoms with Crippen LogP contribution in [0.4, 0.5) is 0 Å². The van der Waals surface area contributed by atoms with E-state index in [1.165, 1.54) is 18.9 Å². The third-order valence-electron chi connectivity index (χ3n) is 5.34. The number of ether oxygens (including phenoxy) is 5. The molecule has 0 N–H and O–H groups in total. The molecule has 0 bridgehead atoms. The summed E-state index contributed by atoms with van der Waals surface area (Å²) < 4.78 is 53.5. The van der Waals surface area contributed by atoms with Crippen LogP contribution in [0.25, 0.3) is 0 Å². The van der Waals surface area contributed by atoms with Crippen LogP contribution in [0.1, 0.15) is 48.0 Å². The highest BCUT2D eigenvalue weighted by molar-refractivity contribution is 7.54. The number of hydrogen-bond donors (Lipinski definition) is 0. The molecule has 0 unspecified atom stereocenters. The molecule has 13 heteroatoms. The van der Waals surface area contributed by atoms with Gasteiger partial charge in [-0.15, -0.1) is 5.06 Å². The fourth-order valence-electron chi connectivity index (χ4n) is 4.31. The molecule has 6 atom stereocenters. The van der Waals surface area contributed by atoms with E-state index in [0.717, 1.165) is 0 Å². The number of nitrogens with zero attached hydrogens (tertiary/aromatic N) is 1. The van der Waals surface area contributed by atoms with Crippen molar-refractivity contribution in [1.29, 1.82) is 0 Å². The lowest BCUT2D eigenvalue weighted by atomic mass is 10.1. The van der Waals surface area contributed by atoms with E-state index in [4.69, 9.17) is 37.6 Å². The maximum Gasteiger partial charge on any atom is 0.350 e. The molecule has 3 saturated heterocycles. The van der Waals surface area contributed by atoms with Crippen molar-refractivity contribution in [2.24, 2.45) is 0 Å². The lowest BCUT2D eigenvalue weighted by molar-refractivity contribution is -0.276. The van der Waals surface area contributed by atoms with Crippen molar-refractivity contribution in [1.82, 2.24) is 5.06 Å². The van der Waals surface area contributed by atoms with Gasteiger partial charge >= 0.3 is 19.5 Å². The minimum absolute atomic E-state index is 0.200. The molecule has 3 aliphatic rings. The second-order valence-electron chi connectivity index (χ2n) is 8.34. The second kappa shape index (κ2) is 10.7. The molecule has 3 aliphatic heterocycles. The fraction of sp³-hybridized carbons (Fsp3) is 0.900. The Morgan fingerprint density at radius 1 is 1.09 bits per heavy atom. The summed E-state index contributed by atoms with van der Waals surface area (Å²) >= 11 is 0. The Hall–Kier alpha value is -1.11. The fourth-order valence-corrected chi connectivity index (χ4v) is 6.34. The van der Waals surface area contributed by atoms with E-state index in [9.17, 15) is 14.2 Å². The number of esters is 2. The monoisotopic (exact) mass is 495 g/mol. The topological polar surface area (TPSA) is 128 Å². The molecule has 190 valence electrons. The molecular weight excluding hydrogens is 461 g/mol. The summed E-state index contributed by atoms with van der Waals surface area (Å²) in [7, 11) is -3.57. The van der Waals surface area contributed by atoms with Gasteiger partial charge in [0, 0.05) is 20.3 Å². The van der Waals surface area contributed by atoms with Crippen molar-refractivity contribution >= 4 is 19.5 Å². The summed E-state index contributed by atoms with van der Waals surface area (Å²) in [4.78, 5) is 28.9. The van der Waals surface area contributed by atoms with E-state index in [0.29, 0.717) is 6.42 Å². The molecule has 0 radical (unpaired) electrons. The van der Waals surface area contributed by atoms with Gasteiger partial charge in [-0.2, -0.15) is 0 Å². The van der Waals surface area contributed by atoms with Gasteiger partial charge in [0.15, 0.2) is 18.1 Å². The van der Waals surface area contributed by atoms with Gasteiger partial charge < -0.3 is 32.7 Å². The summed E-state index contributed by atoms with van der Waals surface area (Å²) in [6.07, 6.45) is -3.60. The maximum atomic E-state index is 13.5. The largest absolute Gasteiger partial charge is 0.462 e. The first-order valence-electron chi connectivity index (χ1n) is 11.1. The van der Waals surface area contributed by atoms with Gasteiger partial charge in [-0.3, -0.25) is 19.0 Å². The highest BCUT2D eigenvalue weighted by Gasteiger charge is 2.62. The highest BCUT2D eigenvalue weighted by Crippen LogP contribution is 2.58. The molecule has 3 fully saturated rings. The smallest absolute Gasteiger partial charge is 0.350 e. The van der Waals surface area contributed by atoms with Crippen LogP contribution in [0.3, 0.4) is 0 Å². The number of hydroxylamine groups is 2. The van der Waals surface area contributed by atoms with E-state index in [2.05, 4.69) is 0 Å². The lowest BCUT2D eigenvalue weighted by Gasteiger charge is -2.34. The van der Waals surface area contributed by atoms with Crippen molar-refractivity contribution in [3.63, 3.8) is 0 Å². The van der Waals surface area contributed by atoms with Crippen molar-refractivity contribution < 1.29 is 51.7 Å². The third kappa shape index (κ3) is 5.94. The van der Waals surface area contributed by atoms with Crippen molar-refractivity contribution in [3.8, 4) is 0 Å². The standard InChI is InChI=1S/C20H34NO11P/c1-7-27-33(24,28-8-2)15-9-10-26-21(15)19-18-17(31-20(5,6)32-18)16(30-19)14(29-13(4)23)11-25-12(3)22/h14-19H,7-11H2,1-6H3/t14-,15-,16-,17+,18+,19+/m1/s1. The molecule has 12 nitrogen and oxygen atoms in total. The predicted octanol–water partition coefficient (Wildman–Crippen LogP) is 1.96. The Balaban J connectivity index is 1.89. The van der Waals surface area contributed by atoms with Gasteiger partial charge in [-0.25, -0.2) is 0 Å². The number of rotatable bonds is 10. The number of hydrogen-bond acceptors (Lipinski definition) is 12. The number of carbonyl (C=O) groups is 2. The number of fused-ring (bicyclic) bond motifs is 1. The summed E-state index contributed by atoms with van der Waals surface area (Å²) in [6, 6.07) is 0. The Labute approximate surface area is 193 Å². The van der Waals surface area contributed by atoms with E-state index < -0.39 is 61.7 Å². The van der Waals surface area contributed by atoms with E-state index in [-0.39, 0.29) is 26.4 Å². The first kappa shape index (κ1) is 26.5. The van der Waals surface area contributed by atoms with Crippen LogP contribution < -0.4 is 0 Å². The minimum Gasteiger partial charge on any atom is -0.462 e. The zero-order valence-electron chi connectivity index (χ0n) is 19.9. The molecule has 33 heavy (non-hydrogen) atoms. The highest BCUT2D eigenvalue weighted by atomic mass is 31.2. The van der Waals surface area contributed by atoms with Gasteiger partial charge in [0.25, 0.3) is 0 Å². The van der Waals surface area contributed by atoms with Crippen LogP contribution in [-0.2, 0) is 51.7 Å². The summed E-state index contributed by atoms with van der Waals surface area (Å²) in [5.41, 5.74) is 0. The van der Waals surface area contributed by atoms with E-state index >= 15 is 0 Å². The van der Waals surface area contributed by atoms with Crippen LogP contribution in [0.15, 0.2) is 0 Å². The summed E-state index contributed by atoms with van der Waals surface area (Å²) in [5, 5.41) is 1.45. The van der Waals surface area contributed by atoms with Crippen molar-refractivity contribution in [2.75, 3.05) is 26.4 Å². The number of carbonyl (C=O) groups excluding carboxylic acids is 2. The van der Waals surface area contributed by atoms with Crippen LogP contribution in [-0.4, -0.2) is 85.6 Å². The molecule has 3 heterocycles. The molecule has 3 rings (SSSR count). The van der Waals surface area contributed by atoms with E-state index in [1.54, 1.807) is 27.7 Å². The lowest BCUT2D eigenvalue weighted by Crippen LogP contribution is -2.46. The quantitative estimate of drug-likeness (QED) is 0.324. The predicted molar refractivity (Wildman–Crippen MR) is 112 cm³/mol. The van der Waals surface area contributed by atoms with Gasteiger partial charge in [-0.05, 0) is 27.7 Å². The maximum absolute atomic E-state index is 13.5. The molecule has 0 saturated carbocycles. The molecule has 0 aromatic heterocycles. The summed E-state index contributed by atoms with van der Waals surface area (Å²) in [6.45, 7) is 9.93. The van der Waals surface area contributed by atoms with Crippen molar-refractivity contribution in [3.05, 3.63) is 0 Å². The Bertz CT molecular complexity index is 752. The molecular formula is C20H34NO11P. The van der Waals surface area contributed by atoms with E-state index in [1.807, 2.05) is 0 Å². The van der Waals surface area contributed by atoms with Gasteiger partial charge in [-0.1, -0.05) is 0 Å². The van der Waals surface area contributed by atoms with Gasteiger partial charge in [0.05, 0.1) is 19.8 Å². The average molecular weight is 495 g/mol. The SMILES string of the molecule is CCOP(=O)(OCC)[C@@H]1CCON1[C@H]1O[C@H]([C@@H](COC(C)=O)OC(C)=O)[C@@H]2OC(C)(C)O[C@@H]21. The third-order valence-corrected chi connectivity index (χ3v) is 7.80.